The number of anilines is 2. The molecule has 2 heterocycles. The molecule has 0 saturated carbocycles. The van der Waals surface area contributed by atoms with E-state index in [0.29, 0.717) is 23.3 Å². The van der Waals surface area contributed by atoms with Gasteiger partial charge in [0.2, 0.25) is 0 Å². The summed E-state index contributed by atoms with van der Waals surface area (Å²) in [5.41, 5.74) is 0.947. The van der Waals surface area contributed by atoms with Crippen LogP contribution in [0.4, 0.5) is 19.6 Å². The van der Waals surface area contributed by atoms with E-state index in [1.54, 1.807) is 12.1 Å². The molecule has 0 bridgehead atoms. The lowest BCUT2D eigenvalue weighted by Gasteiger charge is -2.36. The van der Waals surface area contributed by atoms with Crippen molar-refractivity contribution in [3.63, 3.8) is 0 Å². The predicted octanol–water partition coefficient (Wildman–Crippen LogP) is 3.61. The Morgan fingerprint density at radius 3 is 2.83 bits per heavy atom. The van der Waals surface area contributed by atoms with E-state index in [2.05, 4.69) is 21.5 Å². The van der Waals surface area contributed by atoms with E-state index in [0.717, 1.165) is 17.8 Å². The second kappa shape index (κ2) is 7.78. The average Bonchev–Trinajstić information content (AvgIpc) is 3.10. The summed E-state index contributed by atoms with van der Waals surface area (Å²) in [6.07, 6.45) is 5.46. The van der Waals surface area contributed by atoms with Gasteiger partial charge < -0.3 is 10.2 Å². The highest BCUT2D eigenvalue weighted by Crippen LogP contribution is 2.29. The second-order valence-corrected chi connectivity index (χ2v) is 7.83. The summed E-state index contributed by atoms with van der Waals surface area (Å²) in [6.45, 7) is 4.06. The molecular weight excluding hydrogens is 394 g/mol. The van der Waals surface area contributed by atoms with Crippen LogP contribution in [0.5, 0.6) is 0 Å². The number of hydrogen-bond donors (Lipinski definition) is 2. The maximum absolute atomic E-state index is 14.7. The number of rotatable bonds is 3. The van der Waals surface area contributed by atoms with Crippen LogP contribution in [0.2, 0.25) is 0 Å². The lowest BCUT2D eigenvalue weighted by molar-refractivity contribution is 0.101. The predicted molar refractivity (Wildman–Crippen MR) is 112 cm³/mol. The van der Waals surface area contributed by atoms with Crippen LogP contribution in [0.15, 0.2) is 30.3 Å². The van der Waals surface area contributed by atoms with Gasteiger partial charge in [-0.1, -0.05) is 23.3 Å². The SMILES string of the molecule is C#Cc1cccc2sc(NC(=O)c3c(F)cc(N4CCNCC4C)cc3F)nc12. The van der Waals surface area contributed by atoms with Crippen molar-refractivity contribution in [2.24, 2.45) is 0 Å². The molecule has 0 radical (unpaired) electrons. The van der Waals surface area contributed by atoms with Crippen LogP contribution in [0.1, 0.15) is 22.8 Å². The number of nitrogens with one attached hydrogen (secondary N) is 2. The highest BCUT2D eigenvalue weighted by molar-refractivity contribution is 7.22. The molecule has 1 fully saturated rings. The fourth-order valence-corrected chi connectivity index (χ4v) is 4.33. The molecule has 148 valence electrons. The molecule has 5 nitrogen and oxygen atoms in total. The summed E-state index contributed by atoms with van der Waals surface area (Å²) in [7, 11) is 0. The Morgan fingerprint density at radius 1 is 1.38 bits per heavy atom. The zero-order chi connectivity index (χ0) is 20.5. The van der Waals surface area contributed by atoms with Gasteiger partial charge in [0.1, 0.15) is 17.2 Å². The number of piperazine rings is 1. The largest absolute Gasteiger partial charge is 0.366 e. The maximum atomic E-state index is 14.7. The van der Waals surface area contributed by atoms with Crippen molar-refractivity contribution in [1.82, 2.24) is 10.3 Å². The summed E-state index contributed by atoms with van der Waals surface area (Å²) in [4.78, 5) is 18.8. The first-order valence-electron chi connectivity index (χ1n) is 9.12. The highest BCUT2D eigenvalue weighted by Gasteiger charge is 2.24. The van der Waals surface area contributed by atoms with Crippen LogP contribution in [0, 0.1) is 24.0 Å². The number of carbonyl (C=O) groups is 1. The first kappa shape index (κ1) is 19.3. The monoisotopic (exact) mass is 412 g/mol. The summed E-state index contributed by atoms with van der Waals surface area (Å²) >= 11 is 1.19. The molecule has 1 amide bonds. The molecule has 2 aromatic carbocycles. The van der Waals surface area contributed by atoms with Gasteiger partial charge in [0, 0.05) is 31.4 Å². The topological polar surface area (TPSA) is 57.3 Å². The van der Waals surface area contributed by atoms with Gasteiger partial charge in [-0.25, -0.2) is 13.8 Å². The minimum Gasteiger partial charge on any atom is -0.366 e. The molecule has 1 aliphatic rings. The van der Waals surface area contributed by atoms with Gasteiger partial charge in [-0.05, 0) is 31.2 Å². The fourth-order valence-electron chi connectivity index (χ4n) is 3.45. The maximum Gasteiger partial charge on any atom is 0.263 e. The number of nitrogens with zero attached hydrogens (tertiary/aromatic N) is 2. The first-order chi connectivity index (χ1) is 14.0. The molecule has 1 saturated heterocycles. The van der Waals surface area contributed by atoms with E-state index < -0.39 is 23.1 Å². The molecule has 1 aromatic heterocycles. The Kier molecular flexibility index (Phi) is 5.18. The fraction of sp³-hybridized carbons (Fsp3) is 0.238. The third kappa shape index (κ3) is 3.67. The molecule has 3 aromatic rings. The van der Waals surface area contributed by atoms with Crippen molar-refractivity contribution in [2.45, 2.75) is 13.0 Å². The summed E-state index contributed by atoms with van der Waals surface area (Å²) in [6, 6.07) is 7.84. The number of carbonyl (C=O) groups excluding carboxylic acids is 1. The molecule has 1 unspecified atom stereocenters. The molecule has 8 heteroatoms. The lowest BCUT2D eigenvalue weighted by atomic mass is 10.1. The number of fused-ring (bicyclic) bond motifs is 1. The number of para-hydroxylation sites is 1. The Morgan fingerprint density at radius 2 is 2.14 bits per heavy atom. The molecule has 2 N–H and O–H groups in total. The molecule has 4 rings (SSSR count). The molecular formula is C21H18F2N4OS. The van der Waals surface area contributed by atoms with Gasteiger partial charge in [0.05, 0.1) is 15.8 Å². The van der Waals surface area contributed by atoms with Crippen molar-refractivity contribution in [1.29, 1.82) is 0 Å². The van der Waals surface area contributed by atoms with Crippen LogP contribution in [0.3, 0.4) is 0 Å². The summed E-state index contributed by atoms with van der Waals surface area (Å²) in [5.74, 6) is -0.175. The highest BCUT2D eigenvalue weighted by atomic mass is 32.1. The number of terminal acetylenes is 1. The Labute approximate surface area is 170 Å². The normalized spacial score (nSPS) is 16.6. The summed E-state index contributed by atoms with van der Waals surface area (Å²) in [5, 5.41) is 5.94. The van der Waals surface area contributed by atoms with E-state index in [1.165, 1.54) is 23.5 Å². The van der Waals surface area contributed by atoms with Crippen molar-refractivity contribution < 1.29 is 13.6 Å². The summed E-state index contributed by atoms with van der Waals surface area (Å²) < 4.78 is 30.1. The van der Waals surface area contributed by atoms with E-state index in [1.807, 2.05) is 17.9 Å². The third-order valence-corrected chi connectivity index (χ3v) is 5.82. The Bertz CT molecular complexity index is 1110. The lowest BCUT2D eigenvalue weighted by Crippen LogP contribution is -2.50. The zero-order valence-corrected chi connectivity index (χ0v) is 16.4. The van der Waals surface area contributed by atoms with Gasteiger partial charge in [-0.3, -0.25) is 10.1 Å². The average molecular weight is 412 g/mol. The second-order valence-electron chi connectivity index (χ2n) is 6.80. The molecule has 29 heavy (non-hydrogen) atoms. The Hall–Kier alpha value is -3.02. The molecule has 1 atom stereocenters. The van der Waals surface area contributed by atoms with E-state index in [-0.39, 0.29) is 11.2 Å². The van der Waals surface area contributed by atoms with Gasteiger partial charge in [0.15, 0.2) is 5.13 Å². The number of amides is 1. The zero-order valence-electron chi connectivity index (χ0n) is 15.6. The Balaban J connectivity index is 1.61. The number of thiazole rings is 1. The minimum atomic E-state index is -0.909. The van der Waals surface area contributed by atoms with Crippen molar-refractivity contribution in [3.8, 4) is 12.3 Å². The molecule has 0 spiro atoms. The van der Waals surface area contributed by atoms with Crippen LogP contribution in [-0.2, 0) is 0 Å². The van der Waals surface area contributed by atoms with Crippen molar-refractivity contribution in [3.05, 3.63) is 53.1 Å². The van der Waals surface area contributed by atoms with Gasteiger partial charge in [-0.2, -0.15) is 0 Å². The quantitative estimate of drug-likeness (QED) is 0.646. The van der Waals surface area contributed by atoms with Crippen molar-refractivity contribution in [2.75, 3.05) is 29.9 Å². The van der Waals surface area contributed by atoms with E-state index in [4.69, 9.17) is 6.42 Å². The van der Waals surface area contributed by atoms with Gasteiger partial charge in [0.25, 0.3) is 5.91 Å². The minimum absolute atomic E-state index is 0.0929. The standard InChI is InChI=1S/C21H18F2N4OS/c1-3-13-5-4-6-17-19(13)25-21(29-17)26-20(28)18-15(22)9-14(10-16(18)23)27-8-7-24-11-12(27)2/h1,4-6,9-10,12,24H,7-8,11H2,2H3,(H,25,26,28). The van der Waals surface area contributed by atoms with Crippen LogP contribution >= 0.6 is 11.3 Å². The van der Waals surface area contributed by atoms with Gasteiger partial charge in [-0.15, -0.1) is 6.42 Å². The first-order valence-corrected chi connectivity index (χ1v) is 9.93. The molecule has 0 aliphatic carbocycles. The van der Waals surface area contributed by atoms with E-state index in [9.17, 15) is 13.6 Å². The van der Waals surface area contributed by atoms with Gasteiger partial charge >= 0.3 is 0 Å². The number of hydrogen-bond acceptors (Lipinski definition) is 5. The van der Waals surface area contributed by atoms with Crippen LogP contribution in [0.25, 0.3) is 10.2 Å². The number of halogens is 2. The third-order valence-electron chi connectivity index (χ3n) is 4.88. The molecule has 1 aliphatic heterocycles. The smallest absolute Gasteiger partial charge is 0.263 e. The number of benzene rings is 2. The van der Waals surface area contributed by atoms with E-state index >= 15 is 0 Å². The van der Waals surface area contributed by atoms with Crippen molar-refractivity contribution >= 4 is 38.3 Å². The van der Waals surface area contributed by atoms with Crippen LogP contribution in [-0.4, -0.2) is 36.6 Å². The van der Waals surface area contributed by atoms with Crippen LogP contribution < -0.4 is 15.5 Å². The number of aromatic nitrogens is 1.